The number of anilines is 2. The molecule has 4 rings (SSSR count). The lowest BCUT2D eigenvalue weighted by Crippen LogP contribution is -2.26. The second kappa shape index (κ2) is 7.05. The molecular formula is C20H14N4O2S. The number of carbonyl (C=O) groups is 2. The van der Waals surface area contributed by atoms with Crippen LogP contribution in [0.4, 0.5) is 10.8 Å². The third kappa shape index (κ3) is 3.32. The van der Waals surface area contributed by atoms with Gasteiger partial charge in [0.05, 0.1) is 22.1 Å². The minimum absolute atomic E-state index is 0.0339. The summed E-state index contributed by atoms with van der Waals surface area (Å²) in [6.07, 6.45) is 4.41. The lowest BCUT2D eigenvalue weighted by molar-refractivity contribution is 0.0992. The Hall–Kier alpha value is -3.45. The molecule has 0 N–H and O–H groups in total. The van der Waals surface area contributed by atoms with Gasteiger partial charge in [-0.2, -0.15) is 0 Å². The van der Waals surface area contributed by atoms with E-state index in [9.17, 15) is 9.59 Å². The molecule has 0 bridgehead atoms. The van der Waals surface area contributed by atoms with Crippen LogP contribution in [0, 0.1) is 0 Å². The summed E-state index contributed by atoms with van der Waals surface area (Å²) >= 11 is 1.41. The van der Waals surface area contributed by atoms with Crippen molar-refractivity contribution in [2.24, 2.45) is 0 Å². The van der Waals surface area contributed by atoms with E-state index in [0.717, 1.165) is 10.2 Å². The fourth-order valence-corrected chi connectivity index (χ4v) is 3.62. The molecule has 0 unspecified atom stereocenters. The molecule has 0 saturated carbocycles. The number of carbonyl (C=O) groups excluding carboxylic acids is 2. The topological polar surface area (TPSA) is 76.1 Å². The number of nitrogens with zero attached hydrogens (tertiary/aromatic N) is 4. The number of benzene rings is 2. The molecule has 132 valence electrons. The monoisotopic (exact) mass is 374 g/mol. The summed E-state index contributed by atoms with van der Waals surface area (Å²) in [5.74, 6) is -0.369. The van der Waals surface area contributed by atoms with Crippen molar-refractivity contribution in [3.05, 3.63) is 78.4 Å². The van der Waals surface area contributed by atoms with Gasteiger partial charge in [-0.3, -0.25) is 19.5 Å². The molecule has 2 aromatic heterocycles. The molecule has 1 amide bonds. The van der Waals surface area contributed by atoms with Gasteiger partial charge >= 0.3 is 0 Å². The maximum absolute atomic E-state index is 13.2. The normalized spacial score (nSPS) is 10.7. The summed E-state index contributed by atoms with van der Waals surface area (Å²) in [6.45, 7) is 1.50. The van der Waals surface area contributed by atoms with Crippen molar-refractivity contribution in [2.75, 3.05) is 4.90 Å². The van der Waals surface area contributed by atoms with Crippen LogP contribution in [0.15, 0.2) is 67.1 Å². The van der Waals surface area contributed by atoms with Crippen LogP contribution < -0.4 is 4.90 Å². The lowest BCUT2D eigenvalue weighted by Gasteiger charge is -2.19. The summed E-state index contributed by atoms with van der Waals surface area (Å²) in [4.78, 5) is 38.9. The molecule has 0 spiro atoms. The molecule has 0 aliphatic heterocycles. The largest absolute Gasteiger partial charge is 0.295 e. The number of ketones is 1. The van der Waals surface area contributed by atoms with Gasteiger partial charge in [-0.1, -0.05) is 23.5 Å². The van der Waals surface area contributed by atoms with Crippen LogP contribution in [0.3, 0.4) is 0 Å². The van der Waals surface area contributed by atoms with Crippen molar-refractivity contribution in [1.82, 2.24) is 15.0 Å². The van der Waals surface area contributed by atoms with E-state index in [1.54, 1.807) is 24.3 Å². The minimum atomic E-state index is -0.335. The van der Waals surface area contributed by atoms with Crippen molar-refractivity contribution in [2.45, 2.75) is 6.92 Å². The van der Waals surface area contributed by atoms with Gasteiger partial charge in [0.25, 0.3) is 5.91 Å². The van der Waals surface area contributed by atoms with Gasteiger partial charge in [0.2, 0.25) is 0 Å². The van der Waals surface area contributed by atoms with Crippen LogP contribution in [-0.2, 0) is 0 Å². The van der Waals surface area contributed by atoms with Gasteiger partial charge in [-0.05, 0) is 43.3 Å². The van der Waals surface area contributed by atoms with Gasteiger partial charge in [-0.15, -0.1) is 0 Å². The molecule has 2 aromatic carbocycles. The first-order valence-corrected chi connectivity index (χ1v) is 9.02. The number of amides is 1. The Morgan fingerprint density at radius 1 is 1.00 bits per heavy atom. The van der Waals surface area contributed by atoms with Crippen molar-refractivity contribution in [3.63, 3.8) is 0 Å². The maximum Gasteiger partial charge on any atom is 0.284 e. The number of hydrogen-bond acceptors (Lipinski definition) is 6. The molecule has 6 nitrogen and oxygen atoms in total. The fraction of sp³-hybridized carbons (Fsp3) is 0.0500. The van der Waals surface area contributed by atoms with Crippen LogP contribution in [0.5, 0.6) is 0 Å². The highest BCUT2D eigenvalue weighted by Crippen LogP contribution is 2.34. The molecule has 0 fully saturated rings. The smallest absolute Gasteiger partial charge is 0.284 e. The molecule has 0 aliphatic rings. The Labute approximate surface area is 159 Å². The SMILES string of the molecule is CC(=O)c1ccc(N(C(=O)c2cnccn2)c2nc3ccccc3s2)cc1. The van der Waals surface area contributed by atoms with E-state index in [1.165, 1.54) is 41.8 Å². The number of thiazole rings is 1. The Morgan fingerprint density at radius 2 is 1.78 bits per heavy atom. The van der Waals surface area contributed by atoms with Crippen LogP contribution in [0.2, 0.25) is 0 Å². The minimum Gasteiger partial charge on any atom is -0.295 e. The Kier molecular flexibility index (Phi) is 4.43. The van der Waals surface area contributed by atoms with Gasteiger partial charge in [0.1, 0.15) is 5.69 Å². The van der Waals surface area contributed by atoms with E-state index in [0.29, 0.717) is 16.4 Å². The fourth-order valence-electron chi connectivity index (χ4n) is 2.64. The lowest BCUT2D eigenvalue weighted by atomic mass is 10.1. The highest BCUT2D eigenvalue weighted by molar-refractivity contribution is 7.22. The third-order valence-corrected chi connectivity index (χ3v) is 5.01. The quantitative estimate of drug-likeness (QED) is 0.499. The van der Waals surface area contributed by atoms with E-state index >= 15 is 0 Å². The Bertz CT molecular complexity index is 1090. The Morgan fingerprint density at radius 3 is 2.44 bits per heavy atom. The zero-order valence-electron chi connectivity index (χ0n) is 14.4. The van der Waals surface area contributed by atoms with Crippen LogP contribution >= 0.6 is 11.3 Å². The van der Waals surface area contributed by atoms with E-state index in [4.69, 9.17) is 0 Å². The second-order valence-corrected chi connectivity index (χ2v) is 6.81. The summed E-state index contributed by atoms with van der Waals surface area (Å²) in [5, 5.41) is 0.530. The Balaban J connectivity index is 1.84. The summed E-state index contributed by atoms with van der Waals surface area (Å²) in [6, 6.07) is 14.6. The van der Waals surface area contributed by atoms with E-state index in [2.05, 4.69) is 15.0 Å². The molecule has 4 aromatic rings. The van der Waals surface area contributed by atoms with Crippen molar-refractivity contribution >= 4 is 44.1 Å². The summed E-state index contributed by atoms with van der Waals surface area (Å²) < 4.78 is 0.977. The number of para-hydroxylation sites is 1. The molecule has 0 atom stereocenters. The molecule has 7 heteroatoms. The molecule has 0 aliphatic carbocycles. The van der Waals surface area contributed by atoms with Crippen molar-refractivity contribution in [1.29, 1.82) is 0 Å². The predicted molar refractivity (Wildman–Crippen MR) is 105 cm³/mol. The summed E-state index contributed by atoms with van der Waals surface area (Å²) in [5.41, 5.74) is 2.21. The van der Waals surface area contributed by atoms with Gasteiger partial charge in [0.15, 0.2) is 10.9 Å². The van der Waals surface area contributed by atoms with Gasteiger partial charge < -0.3 is 0 Å². The molecule has 0 saturated heterocycles. The maximum atomic E-state index is 13.2. The number of rotatable bonds is 4. The van der Waals surface area contributed by atoms with E-state index in [1.807, 2.05) is 24.3 Å². The van der Waals surface area contributed by atoms with Crippen molar-refractivity contribution < 1.29 is 9.59 Å². The first-order chi connectivity index (χ1) is 13.1. The summed E-state index contributed by atoms with van der Waals surface area (Å²) in [7, 11) is 0. The average Bonchev–Trinajstić information content (AvgIpc) is 3.12. The first kappa shape index (κ1) is 17.0. The molecule has 2 heterocycles. The van der Waals surface area contributed by atoms with E-state index in [-0.39, 0.29) is 17.4 Å². The highest BCUT2D eigenvalue weighted by atomic mass is 32.1. The number of hydrogen-bond donors (Lipinski definition) is 0. The molecule has 0 radical (unpaired) electrons. The zero-order valence-corrected chi connectivity index (χ0v) is 15.2. The van der Waals surface area contributed by atoms with E-state index < -0.39 is 0 Å². The van der Waals surface area contributed by atoms with Gasteiger partial charge in [-0.25, -0.2) is 9.97 Å². The number of fused-ring (bicyclic) bond motifs is 1. The third-order valence-electron chi connectivity index (χ3n) is 3.99. The highest BCUT2D eigenvalue weighted by Gasteiger charge is 2.24. The first-order valence-electron chi connectivity index (χ1n) is 8.20. The van der Waals surface area contributed by atoms with Crippen LogP contribution in [0.1, 0.15) is 27.8 Å². The predicted octanol–water partition coefficient (Wildman–Crippen LogP) is 4.27. The van der Waals surface area contributed by atoms with Crippen molar-refractivity contribution in [3.8, 4) is 0 Å². The second-order valence-electron chi connectivity index (χ2n) is 5.80. The molecule has 27 heavy (non-hydrogen) atoms. The number of Topliss-reactive ketones (excluding diaryl/α,β-unsaturated/α-hetero) is 1. The van der Waals surface area contributed by atoms with Crippen LogP contribution in [-0.4, -0.2) is 26.6 Å². The zero-order chi connectivity index (χ0) is 18.8. The average molecular weight is 374 g/mol. The van der Waals surface area contributed by atoms with Crippen LogP contribution in [0.25, 0.3) is 10.2 Å². The van der Waals surface area contributed by atoms with Gasteiger partial charge in [0, 0.05) is 18.0 Å². The molecular weight excluding hydrogens is 360 g/mol. The standard InChI is InChI=1S/C20H14N4O2S/c1-13(25)14-6-8-15(9-7-14)24(19(26)17-12-21-10-11-22-17)20-23-16-4-2-3-5-18(16)27-20/h2-12H,1H3. The number of aromatic nitrogens is 3.